The van der Waals surface area contributed by atoms with Crippen LogP contribution in [-0.2, 0) is 27.9 Å². The molecular weight excluding hydrogens is 597 g/mol. The van der Waals surface area contributed by atoms with Gasteiger partial charge in [0.2, 0.25) is 0 Å². The van der Waals surface area contributed by atoms with E-state index in [9.17, 15) is 24.2 Å². The number of esters is 1. The van der Waals surface area contributed by atoms with Gasteiger partial charge in [0, 0.05) is 18.9 Å². The van der Waals surface area contributed by atoms with Crippen molar-refractivity contribution in [3.8, 4) is 11.1 Å². The van der Waals surface area contributed by atoms with Gasteiger partial charge in [0.1, 0.15) is 19.3 Å². The third kappa shape index (κ3) is 13.6. The Morgan fingerprint density at radius 1 is 0.822 bits per heavy atom. The first-order valence-corrected chi connectivity index (χ1v) is 17.8. The zero-order valence-electron chi connectivity index (χ0n) is 26.5. The van der Waals surface area contributed by atoms with E-state index in [0.29, 0.717) is 0 Å². The highest BCUT2D eigenvalue weighted by Gasteiger charge is 2.29. The lowest BCUT2D eigenvalue weighted by Crippen LogP contribution is -2.30. The molecule has 1 aliphatic carbocycles. The number of ether oxygens (including phenoxy) is 2. The number of aliphatic hydroxyl groups is 1. The van der Waals surface area contributed by atoms with E-state index in [0.717, 1.165) is 41.5 Å². The third-order valence-corrected chi connectivity index (χ3v) is 8.77. The normalized spacial score (nSPS) is 14.3. The zero-order chi connectivity index (χ0) is 32.3. The van der Waals surface area contributed by atoms with Crippen LogP contribution >= 0.6 is 7.82 Å². The van der Waals surface area contributed by atoms with Crippen molar-refractivity contribution in [2.24, 2.45) is 0 Å². The van der Waals surface area contributed by atoms with E-state index in [1.54, 1.807) is 0 Å². The molecule has 0 aliphatic heterocycles. The number of aliphatic hydroxyl groups excluding tert-OH is 1. The molecule has 2 unspecified atom stereocenters. The van der Waals surface area contributed by atoms with Gasteiger partial charge in [-0.1, -0.05) is 120 Å². The molecule has 3 rings (SSSR count). The van der Waals surface area contributed by atoms with Crippen LogP contribution in [0.1, 0.15) is 101 Å². The molecule has 0 saturated heterocycles. The number of benzene rings is 2. The standard InChI is InChI=1S/C34H50NO9P/c1-2-3-4-5-6-7-8-9-10-11-12-21-33(37)41-24-27(36)25-44-45(39,40)43-23-22-35-34(38)42-26-32-30-19-15-13-17-28(30)29-18-14-16-20-31(29)32/h13-20,27,32,36H,2-12,21-26H2,1H3,(H,35,38)(H,39,40)/p-1. The number of alkyl carbamates (subject to hydrolysis) is 1. The molecule has 11 heteroatoms. The Bertz CT molecular complexity index is 1180. The number of fused-ring (bicyclic) bond motifs is 3. The van der Waals surface area contributed by atoms with Gasteiger partial charge in [-0.3, -0.25) is 9.36 Å². The van der Waals surface area contributed by atoms with Gasteiger partial charge < -0.3 is 33.8 Å². The molecule has 0 saturated carbocycles. The molecule has 250 valence electrons. The van der Waals surface area contributed by atoms with Gasteiger partial charge in [0.05, 0.1) is 13.2 Å². The molecule has 2 atom stereocenters. The van der Waals surface area contributed by atoms with Gasteiger partial charge in [-0.15, -0.1) is 0 Å². The fraction of sp³-hybridized carbons (Fsp3) is 0.588. The Balaban J connectivity index is 1.19. The van der Waals surface area contributed by atoms with E-state index in [-0.39, 0.29) is 38.7 Å². The summed E-state index contributed by atoms with van der Waals surface area (Å²) in [5, 5.41) is 12.4. The largest absolute Gasteiger partial charge is 0.756 e. The molecule has 0 aromatic heterocycles. The number of phosphoric ester groups is 1. The summed E-state index contributed by atoms with van der Waals surface area (Å²) in [6.45, 7) is 0.843. The summed E-state index contributed by atoms with van der Waals surface area (Å²) in [4.78, 5) is 36.1. The molecule has 2 aromatic carbocycles. The molecule has 1 aliphatic rings. The predicted molar refractivity (Wildman–Crippen MR) is 171 cm³/mol. The van der Waals surface area contributed by atoms with E-state index < -0.39 is 32.6 Å². The monoisotopic (exact) mass is 646 g/mol. The van der Waals surface area contributed by atoms with Crippen LogP contribution in [0.4, 0.5) is 4.79 Å². The van der Waals surface area contributed by atoms with Crippen molar-refractivity contribution >= 4 is 19.9 Å². The molecule has 0 spiro atoms. The maximum absolute atomic E-state index is 12.2. The summed E-state index contributed by atoms with van der Waals surface area (Å²) in [6, 6.07) is 16.0. The molecule has 10 nitrogen and oxygen atoms in total. The van der Waals surface area contributed by atoms with Gasteiger partial charge in [0.15, 0.2) is 0 Å². The summed E-state index contributed by atoms with van der Waals surface area (Å²) in [5.74, 6) is -0.532. The molecule has 1 amide bonds. The van der Waals surface area contributed by atoms with E-state index in [2.05, 4.69) is 16.8 Å². The van der Waals surface area contributed by atoms with E-state index in [4.69, 9.17) is 14.0 Å². The molecule has 2 N–H and O–H groups in total. The fourth-order valence-corrected chi connectivity index (χ4v) is 6.16. The fourth-order valence-electron chi connectivity index (χ4n) is 5.42. The van der Waals surface area contributed by atoms with Gasteiger partial charge in [-0.2, -0.15) is 0 Å². The van der Waals surface area contributed by atoms with Crippen LogP contribution in [0.5, 0.6) is 0 Å². The third-order valence-electron chi connectivity index (χ3n) is 7.81. The zero-order valence-corrected chi connectivity index (χ0v) is 27.3. The smallest absolute Gasteiger partial charge is 0.407 e. The molecule has 0 radical (unpaired) electrons. The van der Waals surface area contributed by atoms with E-state index in [1.165, 1.54) is 51.4 Å². The Hall–Kier alpha value is -2.75. The van der Waals surface area contributed by atoms with Crippen molar-refractivity contribution < 1.29 is 42.7 Å². The SMILES string of the molecule is CCCCCCCCCCCCCC(=O)OCC(O)COP(=O)([O-])OCCNC(=O)OCC1c2ccccc2-c2ccccc21. The van der Waals surface area contributed by atoms with E-state index >= 15 is 0 Å². The minimum atomic E-state index is -4.74. The van der Waals surface area contributed by atoms with Crippen LogP contribution in [-0.4, -0.2) is 56.2 Å². The van der Waals surface area contributed by atoms with Crippen LogP contribution in [0.3, 0.4) is 0 Å². The Kier molecular flexibility index (Phi) is 16.6. The molecule has 0 bridgehead atoms. The van der Waals surface area contributed by atoms with Crippen LogP contribution < -0.4 is 10.2 Å². The van der Waals surface area contributed by atoms with Gasteiger partial charge in [-0.25, -0.2) is 4.79 Å². The van der Waals surface area contributed by atoms with Crippen LogP contribution in [0.25, 0.3) is 11.1 Å². The number of amides is 1. The summed E-state index contributed by atoms with van der Waals surface area (Å²) in [6.07, 6.45) is 11.2. The number of unbranched alkanes of at least 4 members (excludes halogenated alkanes) is 10. The van der Waals surface area contributed by atoms with Gasteiger partial charge in [0.25, 0.3) is 7.82 Å². The lowest BCUT2D eigenvalue weighted by Gasteiger charge is -2.24. The van der Waals surface area contributed by atoms with Gasteiger partial charge >= 0.3 is 12.1 Å². The van der Waals surface area contributed by atoms with Crippen molar-refractivity contribution in [1.82, 2.24) is 5.32 Å². The summed E-state index contributed by atoms with van der Waals surface area (Å²) in [7, 11) is -4.74. The Morgan fingerprint density at radius 2 is 1.38 bits per heavy atom. The van der Waals surface area contributed by atoms with Crippen molar-refractivity contribution in [1.29, 1.82) is 0 Å². The van der Waals surface area contributed by atoms with Crippen molar-refractivity contribution in [3.05, 3.63) is 59.7 Å². The number of carbonyl (C=O) groups is 2. The number of nitrogens with one attached hydrogen (secondary N) is 1. The number of hydrogen-bond acceptors (Lipinski definition) is 9. The van der Waals surface area contributed by atoms with Crippen molar-refractivity contribution in [3.63, 3.8) is 0 Å². The van der Waals surface area contributed by atoms with Crippen LogP contribution in [0, 0.1) is 0 Å². The Labute approximate surface area is 267 Å². The van der Waals surface area contributed by atoms with Crippen molar-refractivity contribution in [2.75, 3.05) is 33.0 Å². The second kappa shape index (κ2) is 20.4. The summed E-state index contributed by atoms with van der Waals surface area (Å²) < 4.78 is 31.8. The highest BCUT2D eigenvalue weighted by Crippen LogP contribution is 2.44. The van der Waals surface area contributed by atoms with Gasteiger partial charge in [-0.05, 0) is 28.7 Å². The second-order valence-electron chi connectivity index (χ2n) is 11.5. The average Bonchev–Trinajstić information content (AvgIpc) is 3.36. The quantitative estimate of drug-likeness (QED) is 0.0772. The van der Waals surface area contributed by atoms with Crippen molar-refractivity contribution in [2.45, 2.75) is 96.0 Å². The topological polar surface area (TPSA) is 143 Å². The average molecular weight is 647 g/mol. The maximum atomic E-state index is 12.2. The first-order valence-electron chi connectivity index (χ1n) is 16.3. The number of carbonyl (C=O) groups excluding carboxylic acids is 2. The summed E-state index contributed by atoms with van der Waals surface area (Å²) in [5.41, 5.74) is 4.40. The van der Waals surface area contributed by atoms with Crippen LogP contribution in [0.15, 0.2) is 48.5 Å². The number of hydrogen-bond donors (Lipinski definition) is 2. The van der Waals surface area contributed by atoms with E-state index in [1.807, 2.05) is 48.5 Å². The number of phosphoric acid groups is 1. The molecule has 2 aromatic rings. The predicted octanol–water partition coefficient (Wildman–Crippen LogP) is 6.63. The minimum absolute atomic E-state index is 0.0927. The van der Waals surface area contributed by atoms with Crippen LogP contribution in [0.2, 0.25) is 0 Å². The Morgan fingerprint density at radius 3 is 1.98 bits per heavy atom. The molecular formula is C34H49NO9P-. The number of rotatable bonds is 23. The first-order chi connectivity index (χ1) is 21.8. The molecule has 45 heavy (non-hydrogen) atoms. The highest BCUT2D eigenvalue weighted by molar-refractivity contribution is 7.45. The lowest BCUT2D eigenvalue weighted by atomic mass is 9.98. The maximum Gasteiger partial charge on any atom is 0.407 e. The highest BCUT2D eigenvalue weighted by atomic mass is 31.2. The summed E-state index contributed by atoms with van der Waals surface area (Å²) >= 11 is 0. The lowest BCUT2D eigenvalue weighted by molar-refractivity contribution is -0.227. The second-order valence-corrected chi connectivity index (χ2v) is 12.9. The minimum Gasteiger partial charge on any atom is -0.756 e. The first kappa shape index (κ1) is 36.7. The molecule has 0 fully saturated rings. The molecule has 0 heterocycles.